The number of alkyl halides is 6. The number of carbonyl (C=O) groups is 1. The minimum atomic E-state index is -5.47. The fraction of sp³-hybridized carbons (Fsp3) is 0.300. The lowest BCUT2D eigenvalue weighted by Crippen LogP contribution is -2.23. The van der Waals surface area contributed by atoms with Crippen LogP contribution in [0.1, 0.15) is 22.8 Å². The Balaban J connectivity index is 3.75. The van der Waals surface area contributed by atoms with E-state index in [9.17, 15) is 31.1 Å². The summed E-state index contributed by atoms with van der Waals surface area (Å²) in [6, 6.07) is 0.651. The van der Waals surface area contributed by atoms with Gasteiger partial charge in [-0.15, -0.1) is 0 Å². The molecule has 10 heteroatoms. The fourth-order valence-electron chi connectivity index (χ4n) is 1.52. The summed E-state index contributed by atoms with van der Waals surface area (Å²) in [5, 5.41) is 17.7. The molecular formula is C10H5BrF6O3. The molecule has 0 saturated carbocycles. The van der Waals surface area contributed by atoms with Crippen LogP contribution < -0.4 is 0 Å². The second-order valence-corrected chi connectivity index (χ2v) is 4.57. The van der Waals surface area contributed by atoms with Crippen molar-refractivity contribution in [2.75, 3.05) is 0 Å². The fourth-order valence-corrected chi connectivity index (χ4v) is 1.99. The van der Waals surface area contributed by atoms with Crippen LogP contribution >= 0.6 is 15.9 Å². The molecule has 1 unspecified atom stereocenters. The molecule has 0 spiro atoms. The van der Waals surface area contributed by atoms with Gasteiger partial charge in [0.05, 0.1) is 11.1 Å². The SMILES string of the molecule is O=C(O)C(O)c1cc(Br)cc(C(F)(F)F)c1C(F)(F)F. The second-order valence-electron chi connectivity index (χ2n) is 3.65. The first-order chi connectivity index (χ1) is 8.85. The van der Waals surface area contributed by atoms with Crippen LogP contribution in [0.2, 0.25) is 0 Å². The smallest absolute Gasteiger partial charge is 0.417 e. The molecule has 112 valence electrons. The second kappa shape index (κ2) is 5.24. The minimum Gasteiger partial charge on any atom is -0.479 e. The van der Waals surface area contributed by atoms with Crippen molar-refractivity contribution < 1.29 is 41.4 Å². The van der Waals surface area contributed by atoms with Crippen LogP contribution in [0, 0.1) is 0 Å². The van der Waals surface area contributed by atoms with E-state index in [1.165, 1.54) is 0 Å². The Morgan fingerprint density at radius 1 is 1.10 bits per heavy atom. The summed E-state index contributed by atoms with van der Waals surface area (Å²) in [5.74, 6) is -2.10. The molecule has 0 aliphatic carbocycles. The number of halogens is 7. The van der Waals surface area contributed by atoms with Crippen molar-refractivity contribution in [3.63, 3.8) is 0 Å². The number of benzene rings is 1. The number of hydrogen-bond donors (Lipinski definition) is 2. The van der Waals surface area contributed by atoms with E-state index in [2.05, 4.69) is 15.9 Å². The molecule has 0 aliphatic rings. The van der Waals surface area contributed by atoms with E-state index in [1.54, 1.807) is 0 Å². The zero-order valence-corrected chi connectivity index (χ0v) is 10.8. The monoisotopic (exact) mass is 366 g/mol. The third-order valence-corrected chi connectivity index (χ3v) is 2.71. The van der Waals surface area contributed by atoms with Crippen LogP contribution in [0.3, 0.4) is 0 Å². The van der Waals surface area contributed by atoms with E-state index in [4.69, 9.17) is 10.2 Å². The molecule has 0 aromatic heterocycles. The highest BCUT2D eigenvalue weighted by atomic mass is 79.9. The summed E-state index contributed by atoms with van der Waals surface area (Å²) in [6.45, 7) is 0. The standard InChI is InChI=1S/C10H5BrF6O3/c11-3-1-4(7(18)8(19)20)6(10(15,16)17)5(2-3)9(12,13)14/h1-2,7,18H,(H,19,20). The maximum atomic E-state index is 12.8. The van der Waals surface area contributed by atoms with Crippen LogP contribution in [0.15, 0.2) is 16.6 Å². The summed E-state index contributed by atoms with van der Waals surface area (Å²) in [5.41, 5.74) is -5.68. The van der Waals surface area contributed by atoms with Crippen LogP contribution in [-0.4, -0.2) is 16.2 Å². The first-order valence-electron chi connectivity index (χ1n) is 4.74. The summed E-state index contributed by atoms with van der Waals surface area (Å²) >= 11 is 2.55. The normalized spacial score (nSPS) is 14.2. The zero-order valence-electron chi connectivity index (χ0n) is 9.18. The number of hydrogen-bond acceptors (Lipinski definition) is 2. The predicted octanol–water partition coefficient (Wildman–Crippen LogP) is 3.60. The Bertz CT molecular complexity index is 537. The zero-order chi connectivity index (χ0) is 15.9. The Morgan fingerprint density at radius 2 is 1.60 bits per heavy atom. The van der Waals surface area contributed by atoms with Gasteiger partial charge in [0.15, 0.2) is 6.10 Å². The van der Waals surface area contributed by atoms with Crippen molar-refractivity contribution >= 4 is 21.9 Å². The van der Waals surface area contributed by atoms with Crippen molar-refractivity contribution in [1.82, 2.24) is 0 Å². The van der Waals surface area contributed by atoms with Gasteiger partial charge in [0.1, 0.15) is 0 Å². The molecule has 1 atom stereocenters. The van der Waals surface area contributed by atoms with E-state index >= 15 is 0 Å². The summed E-state index contributed by atoms with van der Waals surface area (Å²) in [7, 11) is 0. The van der Waals surface area contributed by atoms with Gasteiger partial charge in [-0.1, -0.05) is 15.9 Å². The van der Waals surface area contributed by atoms with Crippen molar-refractivity contribution in [2.24, 2.45) is 0 Å². The molecule has 0 bridgehead atoms. The van der Waals surface area contributed by atoms with Crippen molar-refractivity contribution in [2.45, 2.75) is 18.5 Å². The number of carboxylic acid groups (broad SMARTS) is 1. The Morgan fingerprint density at radius 3 is 1.95 bits per heavy atom. The van der Waals surface area contributed by atoms with Gasteiger partial charge in [-0.05, 0) is 12.1 Å². The van der Waals surface area contributed by atoms with E-state index in [0.29, 0.717) is 6.07 Å². The third-order valence-electron chi connectivity index (χ3n) is 2.25. The van der Waals surface area contributed by atoms with E-state index < -0.39 is 45.6 Å². The highest BCUT2D eigenvalue weighted by Crippen LogP contribution is 2.45. The maximum Gasteiger partial charge on any atom is 0.417 e. The van der Waals surface area contributed by atoms with Crippen molar-refractivity contribution in [3.05, 3.63) is 33.3 Å². The largest absolute Gasteiger partial charge is 0.479 e. The summed E-state index contributed by atoms with van der Waals surface area (Å²) in [6.07, 6.45) is -13.6. The van der Waals surface area contributed by atoms with Gasteiger partial charge in [-0.25, -0.2) is 4.79 Å². The molecule has 0 heterocycles. The predicted molar refractivity (Wildman–Crippen MR) is 56.7 cm³/mol. The first kappa shape index (κ1) is 16.8. The molecule has 1 aromatic carbocycles. The van der Waals surface area contributed by atoms with Crippen molar-refractivity contribution in [1.29, 1.82) is 0 Å². The molecule has 0 fully saturated rings. The molecule has 20 heavy (non-hydrogen) atoms. The van der Waals surface area contributed by atoms with Crippen LogP contribution in [0.4, 0.5) is 26.3 Å². The molecular weight excluding hydrogens is 362 g/mol. The number of aliphatic hydroxyl groups is 1. The van der Waals surface area contributed by atoms with E-state index in [-0.39, 0.29) is 6.07 Å². The van der Waals surface area contributed by atoms with Crippen molar-refractivity contribution in [3.8, 4) is 0 Å². The van der Waals surface area contributed by atoms with Gasteiger partial charge < -0.3 is 10.2 Å². The highest BCUT2D eigenvalue weighted by molar-refractivity contribution is 9.10. The van der Waals surface area contributed by atoms with Gasteiger partial charge in [-0.3, -0.25) is 0 Å². The molecule has 0 radical (unpaired) electrons. The number of carboxylic acids is 1. The molecule has 0 aliphatic heterocycles. The topological polar surface area (TPSA) is 57.5 Å². The maximum absolute atomic E-state index is 12.8. The lowest BCUT2D eigenvalue weighted by molar-refractivity contribution is -0.164. The Kier molecular flexibility index (Phi) is 4.39. The van der Waals surface area contributed by atoms with E-state index in [0.717, 1.165) is 0 Å². The van der Waals surface area contributed by atoms with Crippen LogP contribution in [0.25, 0.3) is 0 Å². The molecule has 0 amide bonds. The number of rotatable bonds is 2. The van der Waals surface area contributed by atoms with Gasteiger partial charge >= 0.3 is 18.3 Å². The van der Waals surface area contributed by atoms with Gasteiger partial charge in [0.2, 0.25) is 0 Å². The summed E-state index contributed by atoms with van der Waals surface area (Å²) in [4.78, 5) is 10.5. The quantitative estimate of drug-likeness (QED) is 0.786. The van der Waals surface area contributed by atoms with Gasteiger partial charge in [0.25, 0.3) is 0 Å². The molecule has 1 aromatic rings. The van der Waals surface area contributed by atoms with Gasteiger partial charge in [0, 0.05) is 10.0 Å². The average molecular weight is 367 g/mol. The molecule has 3 nitrogen and oxygen atoms in total. The average Bonchev–Trinajstić information content (AvgIpc) is 2.23. The number of aliphatic carboxylic acids is 1. The first-order valence-corrected chi connectivity index (χ1v) is 5.53. The Labute approximate surface area is 116 Å². The van der Waals surface area contributed by atoms with Crippen LogP contribution in [0.5, 0.6) is 0 Å². The highest BCUT2D eigenvalue weighted by Gasteiger charge is 2.46. The van der Waals surface area contributed by atoms with E-state index in [1.807, 2.05) is 0 Å². The lowest BCUT2D eigenvalue weighted by Gasteiger charge is -2.21. The van der Waals surface area contributed by atoms with Crippen LogP contribution in [-0.2, 0) is 17.1 Å². The lowest BCUT2D eigenvalue weighted by atomic mass is 9.96. The summed E-state index contributed by atoms with van der Waals surface area (Å²) < 4.78 is 75.8. The minimum absolute atomic E-state index is 0.168. The molecule has 1 rings (SSSR count). The number of aliphatic hydroxyl groups excluding tert-OH is 1. The molecule has 0 saturated heterocycles. The van der Waals surface area contributed by atoms with Gasteiger partial charge in [-0.2, -0.15) is 26.3 Å². The molecule has 2 N–H and O–H groups in total. The third kappa shape index (κ3) is 3.42. The Hall–Kier alpha value is -1.29.